The van der Waals surface area contributed by atoms with Crippen LogP contribution in [0, 0.1) is 0 Å². The molecule has 0 atom stereocenters. The Morgan fingerprint density at radius 3 is 2.19 bits per heavy atom. The van der Waals surface area contributed by atoms with Gasteiger partial charge in [0.15, 0.2) is 0 Å². The predicted octanol–water partition coefficient (Wildman–Crippen LogP) is 9.58. The zero-order chi connectivity index (χ0) is 28.7. The lowest BCUT2D eigenvalue weighted by Gasteiger charge is -2.33. The fourth-order valence-electron chi connectivity index (χ4n) is 6.12. The second-order valence-electron chi connectivity index (χ2n) is 10.8. The van der Waals surface area contributed by atoms with Crippen molar-refractivity contribution in [3.8, 4) is 11.5 Å². The SMILES string of the molecule is FC(F)(F)Oc1ccc(COc2cccc3c2N(Cc2ccc4c(ccc5c6ccccc6ccc45)c2)CCC3)cc1. The van der Waals surface area contributed by atoms with Crippen molar-refractivity contribution in [2.75, 3.05) is 11.4 Å². The number of hydrogen-bond acceptors (Lipinski definition) is 3. The summed E-state index contributed by atoms with van der Waals surface area (Å²) in [6, 6.07) is 36.0. The molecule has 0 amide bonds. The smallest absolute Gasteiger partial charge is 0.487 e. The third kappa shape index (κ3) is 5.20. The average Bonchev–Trinajstić information content (AvgIpc) is 2.99. The van der Waals surface area contributed by atoms with Crippen LogP contribution in [0.15, 0.2) is 109 Å². The molecule has 0 aromatic heterocycles. The fourth-order valence-corrected chi connectivity index (χ4v) is 6.12. The molecule has 0 saturated carbocycles. The van der Waals surface area contributed by atoms with Crippen LogP contribution in [0.1, 0.15) is 23.1 Å². The zero-order valence-corrected chi connectivity index (χ0v) is 22.8. The summed E-state index contributed by atoms with van der Waals surface area (Å²) in [4.78, 5) is 2.38. The standard InChI is InChI=1S/C36H28F3NO2/c37-36(38,39)42-29-15-10-24(11-16-29)23-41-34-9-3-6-27-7-4-20-40(35(27)34)22-25-12-17-31-28(21-25)14-19-32-30-8-2-1-5-26(30)13-18-33(31)32/h1-3,5-6,8-19,21H,4,7,20,22-23H2. The summed E-state index contributed by atoms with van der Waals surface area (Å²) in [5.74, 6) is 0.535. The Morgan fingerprint density at radius 1 is 0.667 bits per heavy atom. The van der Waals surface area contributed by atoms with Gasteiger partial charge in [0.05, 0.1) is 5.69 Å². The van der Waals surface area contributed by atoms with Gasteiger partial charge in [-0.1, -0.05) is 84.9 Å². The first-order valence-electron chi connectivity index (χ1n) is 14.1. The summed E-state index contributed by atoms with van der Waals surface area (Å²) in [5.41, 5.74) is 4.32. The van der Waals surface area contributed by atoms with Crippen molar-refractivity contribution in [1.29, 1.82) is 0 Å². The van der Waals surface area contributed by atoms with Gasteiger partial charge in [0.2, 0.25) is 0 Å². The molecular weight excluding hydrogens is 535 g/mol. The highest BCUT2D eigenvalue weighted by Gasteiger charge is 2.31. The number of hydrogen-bond donors (Lipinski definition) is 0. The van der Waals surface area contributed by atoms with Gasteiger partial charge < -0.3 is 14.4 Å². The van der Waals surface area contributed by atoms with Gasteiger partial charge in [-0.3, -0.25) is 0 Å². The van der Waals surface area contributed by atoms with Crippen LogP contribution in [0.5, 0.6) is 11.5 Å². The minimum Gasteiger partial charge on any atom is -0.487 e. The maximum absolute atomic E-state index is 12.5. The van der Waals surface area contributed by atoms with Crippen molar-refractivity contribution in [3.63, 3.8) is 0 Å². The number of para-hydroxylation sites is 1. The molecule has 0 unspecified atom stereocenters. The first-order valence-corrected chi connectivity index (χ1v) is 14.1. The number of nitrogens with zero attached hydrogens (tertiary/aromatic N) is 1. The van der Waals surface area contributed by atoms with E-state index in [0.717, 1.165) is 42.9 Å². The number of rotatable bonds is 6. The van der Waals surface area contributed by atoms with E-state index in [4.69, 9.17) is 4.74 Å². The summed E-state index contributed by atoms with van der Waals surface area (Å²) in [5, 5.41) is 7.50. The van der Waals surface area contributed by atoms with Crippen LogP contribution in [0.2, 0.25) is 0 Å². The van der Waals surface area contributed by atoms with Gasteiger partial charge in [-0.05, 0) is 86.1 Å². The Hall–Kier alpha value is -4.71. The summed E-state index contributed by atoms with van der Waals surface area (Å²) >= 11 is 0. The highest BCUT2D eigenvalue weighted by atomic mass is 19.4. The predicted molar refractivity (Wildman–Crippen MR) is 162 cm³/mol. The van der Waals surface area contributed by atoms with Crippen molar-refractivity contribution < 1.29 is 22.6 Å². The van der Waals surface area contributed by atoms with Gasteiger partial charge in [-0.2, -0.15) is 0 Å². The second kappa shape index (κ2) is 10.6. The van der Waals surface area contributed by atoms with Crippen molar-refractivity contribution in [2.24, 2.45) is 0 Å². The molecule has 0 N–H and O–H groups in total. The number of benzene rings is 6. The van der Waals surface area contributed by atoms with Crippen LogP contribution in [0.25, 0.3) is 32.3 Å². The molecule has 0 bridgehead atoms. The van der Waals surface area contributed by atoms with Crippen LogP contribution in [0.4, 0.5) is 18.9 Å². The van der Waals surface area contributed by atoms with E-state index in [0.29, 0.717) is 0 Å². The van der Waals surface area contributed by atoms with Crippen LogP contribution in [-0.2, 0) is 19.6 Å². The third-order valence-corrected chi connectivity index (χ3v) is 8.00. The Morgan fingerprint density at radius 2 is 1.38 bits per heavy atom. The molecule has 7 rings (SSSR count). The highest BCUT2D eigenvalue weighted by molar-refractivity contribution is 6.17. The number of aryl methyl sites for hydroxylation is 1. The van der Waals surface area contributed by atoms with E-state index in [1.54, 1.807) is 12.1 Å². The lowest BCUT2D eigenvalue weighted by molar-refractivity contribution is -0.274. The van der Waals surface area contributed by atoms with Gasteiger partial charge in [0.1, 0.15) is 18.1 Å². The number of fused-ring (bicyclic) bond motifs is 6. The van der Waals surface area contributed by atoms with Crippen molar-refractivity contribution in [2.45, 2.75) is 32.4 Å². The van der Waals surface area contributed by atoms with Crippen LogP contribution < -0.4 is 14.4 Å². The molecule has 0 aliphatic carbocycles. The number of anilines is 1. The Balaban J connectivity index is 1.14. The number of alkyl halides is 3. The quantitative estimate of drug-likeness (QED) is 0.188. The van der Waals surface area contributed by atoms with Gasteiger partial charge in [-0.15, -0.1) is 13.2 Å². The van der Waals surface area contributed by atoms with Gasteiger partial charge in [-0.25, -0.2) is 0 Å². The maximum atomic E-state index is 12.5. The molecule has 0 saturated heterocycles. The first-order chi connectivity index (χ1) is 20.4. The third-order valence-electron chi connectivity index (χ3n) is 8.00. The second-order valence-corrected chi connectivity index (χ2v) is 10.8. The van der Waals surface area contributed by atoms with E-state index in [9.17, 15) is 13.2 Å². The summed E-state index contributed by atoms with van der Waals surface area (Å²) in [7, 11) is 0. The Kier molecular flexibility index (Phi) is 6.62. The monoisotopic (exact) mass is 563 g/mol. The number of halogens is 3. The molecule has 210 valence electrons. The molecule has 6 aromatic carbocycles. The minimum absolute atomic E-state index is 0.244. The van der Waals surface area contributed by atoms with E-state index in [2.05, 4.69) is 82.4 Å². The molecule has 6 heteroatoms. The topological polar surface area (TPSA) is 21.7 Å². The molecule has 6 aromatic rings. The molecular formula is C36H28F3NO2. The molecule has 0 fully saturated rings. The highest BCUT2D eigenvalue weighted by Crippen LogP contribution is 2.38. The Labute approximate surface area is 241 Å². The molecule has 1 aliphatic heterocycles. The van der Waals surface area contributed by atoms with Crippen molar-refractivity contribution >= 4 is 38.0 Å². The van der Waals surface area contributed by atoms with E-state index < -0.39 is 6.36 Å². The first kappa shape index (κ1) is 26.2. The van der Waals surface area contributed by atoms with Gasteiger partial charge in [0.25, 0.3) is 0 Å². The van der Waals surface area contributed by atoms with Crippen LogP contribution >= 0.6 is 0 Å². The number of ether oxygens (including phenoxy) is 2. The Bertz CT molecular complexity index is 1910. The molecule has 42 heavy (non-hydrogen) atoms. The maximum Gasteiger partial charge on any atom is 0.573 e. The van der Waals surface area contributed by atoms with E-state index in [1.807, 2.05) is 12.1 Å². The van der Waals surface area contributed by atoms with Crippen molar-refractivity contribution in [3.05, 3.63) is 126 Å². The fraction of sp³-hybridized carbons (Fsp3) is 0.167. The van der Waals surface area contributed by atoms with E-state index >= 15 is 0 Å². The van der Waals surface area contributed by atoms with Gasteiger partial charge in [0, 0.05) is 13.1 Å². The summed E-state index contributed by atoms with van der Waals surface area (Å²) < 4.78 is 47.7. The molecule has 1 heterocycles. The molecule has 1 aliphatic rings. The minimum atomic E-state index is -4.71. The lowest BCUT2D eigenvalue weighted by Crippen LogP contribution is -2.29. The van der Waals surface area contributed by atoms with Crippen LogP contribution in [0.3, 0.4) is 0 Å². The lowest BCUT2D eigenvalue weighted by atomic mass is 9.95. The summed E-state index contributed by atoms with van der Waals surface area (Å²) in [6.07, 6.45) is -2.68. The molecule has 3 nitrogen and oxygen atoms in total. The summed E-state index contributed by atoms with van der Waals surface area (Å²) in [6.45, 7) is 1.91. The largest absolute Gasteiger partial charge is 0.573 e. The normalized spacial score (nSPS) is 13.5. The van der Waals surface area contributed by atoms with Gasteiger partial charge >= 0.3 is 6.36 Å². The van der Waals surface area contributed by atoms with E-state index in [-0.39, 0.29) is 12.4 Å². The molecule has 0 spiro atoms. The van der Waals surface area contributed by atoms with E-state index in [1.165, 1.54) is 55.6 Å². The zero-order valence-electron chi connectivity index (χ0n) is 22.8. The average molecular weight is 564 g/mol. The van der Waals surface area contributed by atoms with Crippen LogP contribution in [-0.4, -0.2) is 12.9 Å². The van der Waals surface area contributed by atoms with Crippen molar-refractivity contribution in [1.82, 2.24) is 0 Å². The molecule has 0 radical (unpaired) electrons.